The number of nitrogens with zero attached hydrogens (tertiary/aromatic N) is 1. The first-order valence-electron chi connectivity index (χ1n) is 5.34. The van der Waals surface area contributed by atoms with Gasteiger partial charge in [-0.15, -0.1) is 0 Å². The van der Waals surface area contributed by atoms with Crippen molar-refractivity contribution in [1.82, 2.24) is 10.2 Å². The number of rotatable bonds is 2. The average Bonchev–Trinajstić information content (AvgIpc) is 2.36. The highest BCUT2D eigenvalue weighted by molar-refractivity contribution is 7.71. The predicted octanol–water partition coefficient (Wildman–Crippen LogP) is 3.43. The van der Waals surface area contributed by atoms with Gasteiger partial charge in [-0.3, -0.25) is 5.10 Å². The van der Waals surface area contributed by atoms with Gasteiger partial charge in [-0.1, -0.05) is 24.4 Å². The van der Waals surface area contributed by atoms with Crippen molar-refractivity contribution in [3.8, 4) is 17.0 Å². The number of benzene rings is 1. The molecule has 2 aromatic rings. The van der Waals surface area contributed by atoms with E-state index in [9.17, 15) is 0 Å². The molecule has 0 unspecified atom stereocenters. The zero-order valence-corrected chi connectivity index (χ0v) is 10.9. The lowest BCUT2D eigenvalue weighted by Crippen LogP contribution is -1.98. The van der Waals surface area contributed by atoms with Gasteiger partial charge >= 0.3 is 0 Å². The summed E-state index contributed by atoms with van der Waals surface area (Å²) < 4.78 is 6.03. The van der Waals surface area contributed by atoms with Crippen LogP contribution in [0.5, 0.6) is 5.75 Å². The maximum atomic E-state index is 5.34. The summed E-state index contributed by atoms with van der Waals surface area (Å²) in [7, 11) is 1.66. The molecule has 4 heteroatoms. The molecule has 0 atom stereocenters. The smallest absolute Gasteiger partial charge is 0.128 e. The van der Waals surface area contributed by atoms with Gasteiger partial charge in [0.25, 0.3) is 0 Å². The lowest BCUT2D eigenvalue weighted by molar-refractivity contribution is 0.416. The lowest BCUT2D eigenvalue weighted by atomic mass is 10.0. The molecule has 0 spiro atoms. The van der Waals surface area contributed by atoms with Gasteiger partial charge in [-0.05, 0) is 37.1 Å². The fourth-order valence-electron chi connectivity index (χ4n) is 1.72. The molecular formula is C13H14N2OS. The van der Waals surface area contributed by atoms with Crippen LogP contribution in [0.4, 0.5) is 0 Å². The summed E-state index contributed by atoms with van der Waals surface area (Å²) in [5.74, 6) is 0.813. The Morgan fingerprint density at radius 2 is 1.88 bits per heavy atom. The van der Waals surface area contributed by atoms with Crippen LogP contribution in [-0.4, -0.2) is 17.3 Å². The van der Waals surface area contributed by atoms with E-state index >= 15 is 0 Å². The molecule has 0 saturated heterocycles. The number of methoxy groups -OCH3 is 1. The van der Waals surface area contributed by atoms with Crippen LogP contribution in [0.2, 0.25) is 0 Å². The molecule has 0 bridgehead atoms. The average molecular weight is 246 g/mol. The number of hydrogen-bond donors (Lipinski definition) is 1. The van der Waals surface area contributed by atoms with Crippen molar-refractivity contribution in [3.05, 3.63) is 40.0 Å². The van der Waals surface area contributed by atoms with Gasteiger partial charge in [-0.2, -0.15) is 5.10 Å². The molecule has 0 aliphatic heterocycles. The van der Waals surface area contributed by atoms with Crippen LogP contribution in [0.3, 0.4) is 0 Å². The highest BCUT2D eigenvalue weighted by atomic mass is 32.1. The van der Waals surface area contributed by atoms with E-state index in [1.54, 1.807) is 7.11 Å². The van der Waals surface area contributed by atoms with Crippen molar-refractivity contribution in [2.75, 3.05) is 7.11 Å². The first-order chi connectivity index (χ1) is 8.15. The summed E-state index contributed by atoms with van der Waals surface area (Å²) >= 11 is 5.16. The largest absolute Gasteiger partial charge is 0.496 e. The molecule has 1 aromatic heterocycles. The SMILES string of the molecule is COc1ccccc1-c1n[nH]c(=S)c(C)c1C. The minimum Gasteiger partial charge on any atom is -0.496 e. The summed E-state index contributed by atoms with van der Waals surface area (Å²) in [4.78, 5) is 0. The maximum absolute atomic E-state index is 5.34. The molecule has 0 aliphatic carbocycles. The Morgan fingerprint density at radius 3 is 2.59 bits per heavy atom. The van der Waals surface area contributed by atoms with Crippen molar-refractivity contribution in [2.45, 2.75) is 13.8 Å². The zero-order valence-electron chi connectivity index (χ0n) is 10.1. The van der Waals surface area contributed by atoms with Crippen LogP contribution in [0.25, 0.3) is 11.3 Å². The Bertz CT molecular complexity index is 605. The van der Waals surface area contributed by atoms with E-state index in [-0.39, 0.29) is 0 Å². The number of hydrogen-bond acceptors (Lipinski definition) is 3. The van der Waals surface area contributed by atoms with Gasteiger partial charge in [0.05, 0.1) is 12.8 Å². The standard InChI is InChI=1S/C13H14N2OS/c1-8-9(2)13(17)15-14-12(8)10-6-4-5-7-11(10)16-3/h4-7H,1-3H3,(H,15,17). The van der Waals surface area contributed by atoms with Gasteiger partial charge < -0.3 is 4.74 Å². The number of aromatic nitrogens is 2. The molecule has 88 valence electrons. The highest BCUT2D eigenvalue weighted by Crippen LogP contribution is 2.30. The van der Waals surface area contributed by atoms with E-state index in [0.717, 1.165) is 28.1 Å². The first kappa shape index (κ1) is 11.8. The molecule has 0 amide bonds. The first-order valence-corrected chi connectivity index (χ1v) is 5.75. The van der Waals surface area contributed by atoms with Gasteiger partial charge in [0, 0.05) is 5.56 Å². The van der Waals surface area contributed by atoms with E-state index in [4.69, 9.17) is 17.0 Å². The Labute approximate surface area is 105 Å². The van der Waals surface area contributed by atoms with Crippen molar-refractivity contribution >= 4 is 12.2 Å². The molecule has 3 nitrogen and oxygen atoms in total. The maximum Gasteiger partial charge on any atom is 0.128 e. The Hall–Kier alpha value is -1.68. The second-order valence-electron chi connectivity index (χ2n) is 3.85. The van der Waals surface area contributed by atoms with Crippen molar-refractivity contribution in [3.63, 3.8) is 0 Å². The topological polar surface area (TPSA) is 37.9 Å². The minimum atomic E-state index is 0.682. The molecule has 0 aliphatic rings. The zero-order chi connectivity index (χ0) is 12.4. The second-order valence-corrected chi connectivity index (χ2v) is 4.26. The van der Waals surface area contributed by atoms with E-state index < -0.39 is 0 Å². The molecule has 0 radical (unpaired) electrons. The van der Waals surface area contributed by atoms with Crippen LogP contribution in [0, 0.1) is 18.5 Å². The van der Waals surface area contributed by atoms with Gasteiger partial charge in [0.15, 0.2) is 0 Å². The highest BCUT2D eigenvalue weighted by Gasteiger charge is 2.11. The van der Waals surface area contributed by atoms with E-state index in [1.807, 2.05) is 38.1 Å². The molecule has 1 heterocycles. The Morgan fingerprint density at radius 1 is 1.18 bits per heavy atom. The molecule has 1 N–H and O–H groups in total. The Balaban J connectivity index is 2.69. The molecular weight excluding hydrogens is 232 g/mol. The normalized spacial score (nSPS) is 10.3. The number of aromatic amines is 1. The summed E-state index contributed by atoms with van der Waals surface area (Å²) in [6, 6.07) is 7.82. The van der Waals surface area contributed by atoms with Crippen LogP contribution < -0.4 is 4.74 Å². The van der Waals surface area contributed by atoms with Crippen molar-refractivity contribution < 1.29 is 4.74 Å². The number of H-pyrrole nitrogens is 1. The van der Waals surface area contributed by atoms with Gasteiger partial charge in [0.2, 0.25) is 0 Å². The summed E-state index contributed by atoms with van der Waals surface area (Å²) in [6.45, 7) is 4.02. The number of para-hydroxylation sites is 1. The third-order valence-electron chi connectivity index (χ3n) is 2.89. The lowest BCUT2D eigenvalue weighted by Gasteiger charge is -2.11. The summed E-state index contributed by atoms with van der Waals surface area (Å²) in [5, 5.41) is 7.18. The van der Waals surface area contributed by atoms with Gasteiger partial charge in [0.1, 0.15) is 10.4 Å². The molecule has 0 saturated carbocycles. The number of ether oxygens (including phenoxy) is 1. The monoisotopic (exact) mass is 246 g/mol. The van der Waals surface area contributed by atoms with E-state index in [2.05, 4.69) is 10.2 Å². The minimum absolute atomic E-state index is 0.682. The second kappa shape index (κ2) is 4.67. The van der Waals surface area contributed by atoms with Gasteiger partial charge in [-0.25, -0.2) is 0 Å². The van der Waals surface area contributed by atoms with E-state index in [0.29, 0.717) is 4.64 Å². The van der Waals surface area contributed by atoms with Crippen LogP contribution in [0.15, 0.2) is 24.3 Å². The third-order valence-corrected chi connectivity index (χ3v) is 3.29. The molecule has 2 rings (SSSR count). The Kier molecular flexibility index (Phi) is 3.24. The summed E-state index contributed by atoms with van der Waals surface area (Å²) in [6.07, 6.45) is 0. The fraction of sp³-hybridized carbons (Fsp3) is 0.231. The third kappa shape index (κ3) is 2.08. The van der Waals surface area contributed by atoms with Crippen LogP contribution in [-0.2, 0) is 0 Å². The summed E-state index contributed by atoms with van der Waals surface area (Å²) in [5.41, 5.74) is 3.99. The van der Waals surface area contributed by atoms with Crippen molar-refractivity contribution in [1.29, 1.82) is 0 Å². The number of nitrogens with one attached hydrogen (secondary N) is 1. The molecule has 0 fully saturated rings. The molecule has 17 heavy (non-hydrogen) atoms. The predicted molar refractivity (Wildman–Crippen MR) is 70.9 cm³/mol. The van der Waals surface area contributed by atoms with Crippen LogP contribution in [0.1, 0.15) is 11.1 Å². The van der Waals surface area contributed by atoms with E-state index in [1.165, 1.54) is 0 Å². The quantitative estimate of drug-likeness (QED) is 0.825. The fourth-order valence-corrected chi connectivity index (χ4v) is 1.92. The van der Waals surface area contributed by atoms with Crippen LogP contribution >= 0.6 is 12.2 Å². The van der Waals surface area contributed by atoms with Crippen molar-refractivity contribution in [2.24, 2.45) is 0 Å². The molecule has 1 aromatic carbocycles.